The summed E-state index contributed by atoms with van der Waals surface area (Å²) in [7, 11) is 0. The summed E-state index contributed by atoms with van der Waals surface area (Å²) in [5, 5.41) is 3.45. The van der Waals surface area contributed by atoms with E-state index in [1.807, 2.05) is 43.9 Å². The number of nitrogens with zero attached hydrogens (tertiary/aromatic N) is 1. The molecule has 0 spiro atoms. The van der Waals surface area contributed by atoms with Gasteiger partial charge in [0.2, 0.25) is 5.91 Å². The molecule has 0 unspecified atom stereocenters. The zero-order chi connectivity index (χ0) is 19.6. The summed E-state index contributed by atoms with van der Waals surface area (Å²) in [6.45, 7) is 6.34. The number of amides is 2. The molecule has 0 aliphatic carbocycles. The maximum absolute atomic E-state index is 12.6. The molecule has 6 heteroatoms. The quantitative estimate of drug-likeness (QED) is 0.852. The van der Waals surface area contributed by atoms with Gasteiger partial charge in [-0.3, -0.25) is 9.59 Å². The lowest BCUT2D eigenvalue weighted by atomic mass is 9.94. The molecule has 0 saturated heterocycles. The standard InChI is InChI=1S/C21H23ClN2O3/c1-21(2,3)20(26)24-11-10-14-12-16(6-9-18(14)24)23-19(25)13-27-17-7-4-15(22)5-8-17/h4-9,12H,10-11,13H2,1-3H3,(H,23,25). The van der Waals surface area contributed by atoms with E-state index < -0.39 is 5.41 Å². The molecule has 0 bridgehead atoms. The Labute approximate surface area is 164 Å². The van der Waals surface area contributed by atoms with E-state index in [1.54, 1.807) is 24.3 Å². The Bertz CT molecular complexity index is 857. The van der Waals surface area contributed by atoms with E-state index >= 15 is 0 Å². The normalized spacial score (nSPS) is 13.3. The largest absolute Gasteiger partial charge is 0.484 e. The minimum Gasteiger partial charge on any atom is -0.484 e. The first kappa shape index (κ1) is 19.2. The molecule has 2 aromatic rings. The number of rotatable bonds is 4. The zero-order valence-corrected chi connectivity index (χ0v) is 16.5. The van der Waals surface area contributed by atoms with E-state index in [0.29, 0.717) is 23.0 Å². The molecular weight excluding hydrogens is 364 g/mol. The van der Waals surface area contributed by atoms with Gasteiger partial charge in [0.05, 0.1) is 0 Å². The van der Waals surface area contributed by atoms with Crippen molar-refractivity contribution in [3.05, 3.63) is 53.1 Å². The van der Waals surface area contributed by atoms with Crippen LogP contribution in [-0.2, 0) is 16.0 Å². The number of nitrogens with one attached hydrogen (secondary N) is 1. The molecule has 0 atom stereocenters. The van der Waals surface area contributed by atoms with Gasteiger partial charge >= 0.3 is 0 Å². The molecule has 2 amide bonds. The Kier molecular flexibility index (Phi) is 5.42. The van der Waals surface area contributed by atoms with E-state index in [4.69, 9.17) is 16.3 Å². The van der Waals surface area contributed by atoms with Crippen molar-refractivity contribution in [1.82, 2.24) is 0 Å². The maximum atomic E-state index is 12.6. The van der Waals surface area contributed by atoms with Crippen molar-refractivity contribution in [1.29, 1.82) is 0 Å². The van der Waals surface area contributed by atoms with Crippen LogP contribution in [0.3, 0.4) is 0 Å². The van der Waals surface area contributed by atoms with Crippen LogP contribution in [0.4, 0.5) is 11.4 Å². The Morgan fingerprint density at radius 2 is 1.85 bits per heavy atom. The number of carbonyl (C=O) groups is 2. The lowest BCUT2D eigenvalue weighted by molar-refractivity contribution is -0.125. The molecule has 0 aromatic heterocycles. The second-order valence-electron chi connectivity index (χ2n) is 7.59. The zero-order valence-electron chi connectivity index (χ0n) is 15.7. The third kappa shape index (κ3) is 4.61. The summed E-state index contributed by atoms with van der Waals surface area (Å²) in [6, 6.07) is 12.5. The number of benzene rings is 2. The van der Waals surface area contributed by atoms with Gasteiger partial charge in [0.25, 0.3) is 5.91 Å². The molecule has 3 rings (SSSR count). The van der Waals surface area contributed by atoms with Gasteiger partial charge in [0.1, 0.15) is 5.75 Å². The van der Waals surface area contributed by atoms with Crippen molar-refractivity contribution in [3.8, 4) is 5.75 Å². The summed E-state index contributed by atoms with van der Waals surface area (Å²) in [6.07, 6.45) is 0.780. The fraction of sp³-hybridized carbons (Fsp3) is 0.333. The molecule has 2 aromatic carbocycles. The Balaban J connectivity index is 1.61. The van der Waals surface area contributed by atoms with Crippen LogP contribution >= 0.6 is 11.6 Å². The predicted molar refractivity (Wildman–Crippen MR) is 108 cm³/mol. The highest BCUT2D eigenvalue weighted by Gasteiger charge is 2.32. The summed E-state index contributed by atoms with van der Waals surface area (Å²) in [4.78, 5) is 26.5. The Hall–Kier alpha value is -2.53. The highest BCUT2D eigenvalue weighted by atomic mass is 35.5. The minimum absolute atomic E-state index is 0.0899. The third-order valence-electron chi connectivity index (χ3n) is 4.33. The molecule has 1 aliphatic rings. The van der Waals surface area contributed by atoms with Gasteiger partial charge in [-0.05, 0) is 54.4 Å². The number of hydrogen-bond acceptors (Lipinski definition) is 3. The second-order valence-corrected chi connectivity index (χ2v) is 8.03. The van der Waals surface area contributed by atoms with Crippen LogP contribution in [0.15, 0.2) is 42.5 Å². The first-order valence-electron chi connectivity index (χ1n) is 8.87. The number of hydrogen-bond donors (Lipinski definition) is 1. The summed E-state index contributed by atoms with van der Waals surface area (Å²) in [5.41, 5.74) is 2.26. The highest BCUT2D eigenvalue weighted by molar-refractivity contribution is 6.30. The topological polar surface area (TPSA) is 58.6 Å². The van der Waals surface area contributed by atoms with Gasteiger partial charge in [0.15, 0.2) is 6.61 Å². The number of halogens is 1. The fourth-order valence-corrected chi connectivity index (χ4v) is 3.10. The molecule has 0 saturated carbocycles. The third-order valence-corrected chi connectivity index (χ3v) is 4.58. The van der Waals surface area contributed by atoms with E-state index in [-0.39, 0.29) is 18.4 Å². The average Bonchev–Trinajstić information content (AvgIpc) is 3.02. The SMILES string of the molecule is CC(C)(C)C(=O)N1CCc2cc(NC(=O)COc3ccc(Cl)cc3)ccc21. The summed E-state index contributed by atoms with van der Waals surface area (Å²) < 4.78 is 5.45. The Morgan fingerprint density at radius 3 is 2.52 bits per heavy atom. The van der Waals surface area contributed by atoms with Gasteiger partial charge in [-0.25, -0.2) is 0 Å². The van der Waals surface area contributed by atoms with Crippen LogP contribution in [0.1, 0.15) is 26.3 Å². The van der Waals surface area contributed by atoms with Gasteiger partial charge < -0.3 is 15.0 Å². The summed E-state index contributed by atoms with van der Waals surface area (Å²) in [5.74, 6) is 0.444. The maximum Gasteiger partial charge on any atom is 0.262 e. The van der Waals surface area contributed by atoms with Gasteiger partial charge in [-0.2, -0.15) is 0 Å². The summed E-state index contributed by atoms with van der Waals surface area (Å²) >= 11 is 5.82. The van der Waals surface area contributed by atoms with E-state index in [0.717, 1.165) is 17.7 Å². The van der Waals surface area contributed by atoms with Crippen molar-refractivity contribution in [2.75, 3.05) is 23.4 Å². The van der Waals surface area contributed by atoms with Crippen molar-refractivity contribution >= 4 is 34.8 Å². The molecule has 1 heterocycles. The van der Waals surface area contributed by atoms with E-state index in [2.05, 4.69) is 5.32 Å². The van der Waals surface area contributed by atoms with Gasteiger partial charge in [-0.1, -0.05) is 32.4 Å². The molecule has 0 radical (unpaired) electrons. The second kappa shape index (κ2) is 7.61. The Morgan fingerprint density at radius 1 is 1.15 bits per heavy atom. The number of anilines is 2. The van der Waals surface area contributed by atoms with Crippen LogP contribution in [-0.4, -0.2) is 25.0 Å². The van der Waals surface area contributed by atoms with Crippen LogP contribution in [0.2, 0.25) is 5.02 Å². The van der Waals surface area contributed by atoms with Crippen LogP contribution in [0.25, 0.3) is 0 Å². The molecule has 1 aliphatic heterocycles. The molecule has 0 fully saturated rings. The number of fused-ring (bicyclic) bond motifs is 1. The van der Waals surface area contributed by atoms with Gasteiger partial charge in [0, 0.05) is 28.4 Å². The number of carbonyl (C=O) groups excluding carboxylic acids is 2. The number of ether oxygens (including phenoxy) is 1. The monoisotopic (exact) mass is 386 g/mol. The van der Waals surface area contributed by atoms with Crippen LogP contribution < -0.4 is 15.0 Å². The van der Waals surface area contributed by atoms with Crippen molar-refractivity contribution in [2.45, 2.75) is 27.2 Å². The fourth-order valence-electron chi connectivity index (χ4n) is 2.97. The van der Waals surface area contributed by atoms with Gasteiger partial charge in [-0.15, -0.1) is 0 Å². The van der Waals surface area contributed by atoms with Crippen molar-refractivity contribution < 1.29 is 14.3 Å². The van der Waals surface area contributed by atoms with Crippen molar-refractivity contribution in [2.24, 2.45) is 5.41 Å². The molecule has 5 nitrogen and oxygen atoms in total. The molecule has 1 N–H and O–H groups in total. The van der Waals surface area contributed by atoms with Crippen LogP contribution in [0.5, 0.6) is 5.75 Å². The highest BCUT2D eigenvalue weighted by Crippen LogP contribution is 2.33. The smallest absolute Gasteiger partial charge is 0.262 e. The lowest BCUT2D eigenvalue weighted by Gasteiger charge is -2.26. The molecule has 142 valence electrons. The van der Waals surface area contributed by atoms with E-state index in [1.165, 1.54) is 0 Å². The molecule has 27 heavy (non-hydrogen) atoms. The lowest BCUT2D eigenvalue weighted by Crippen LogP contribution is -2.38. The predicted octanol–water partition coefficient (Wildman–Crippen LogP) is 4.29. The first-order valence-corrected chi connectivity index (χ1v) is 9.25. The molecular formula is C21H23ClN2O3. The minimum atomic E-state index is -0.423. The van der Waals surface area contributed by atoms with Crippen LogP contribution in [0, 0.1) is 5.41 Å². The first-order chi connectivity index (χ1) is 12.7. The van der Waals surface area contributed by atoms with Crippen molar-refractivity contribution in [3.63, 3.8) is 0 Å². The average molecular weight is 387 g/mol. The van der Waals surface area contributed by atoms with E-state index in [9.17, 15) is 9.59 Å².